The molecule has 6 heteroatoms. The van der Waals surface area contributed by atoms with Crippen molar-refractivity contribution in [2.24, 2.45) is 0 Å². The number of carbonyl (C=O) groups excluding carboxylic acids is 3. The Balaban J connectivity index is 0.000000754. The van der Waals surface area contributed by atoms with Crippen LogP contribution >= 0.6 is 0 Å². The fraction of sp³-hybridized carbons (Fsp3) is 0.167. The van der Waals surface area contributed by atoms with Crippen molar-refractivity contribution < 1.29 is 28.6 Å². The quantitative estimate of drug-likeness (QED) is 0.330. The summed E-state index contributed by atoms with van der Waals surface area (Å²) in [4.78, 5) is 32.9. The Morgan fingerprint density at radius 1 is 0.958 bits per heavy atom. The first kappa shape index (κ1) is 20.9. The molecule has 128 valence electrons. The van der Waals surface area contributed by atoms with Crippen molar-refractivity contribution in [1.82, 2.24) is 0 Å². The van der Waals surface area contributed by atoms with E-state index in [0.717, 1.165) is 6.26 Å². The first-order valence-electron chi connectivity index (χ1n) is 6.90. The second kappa shape index (κ2) is 12.4. The predicted molar refractivity (Wildman–Crippen MR) is 89.4 cm³/mol. The highest BCUT2D eigenvalue weighted by atomic mass is 16.5. The van der Waals surface area contributed by atoms with Crippen LogP contribution in [0.1, 0.15) is 27.6 Å². The molecule has 0 fully saturated rings. The van der Waals surface area contributed by atoms with Gasteiger partial charge in [0.15, 0.2) is 0 Å². The van der Waals surface area contributed by atoms with Crippen LogP contribution in [0.3, 0.4) is 0 Å². The van der Waals surface area contributed by atoms with E-state index in [1.54, 1.807) is 18.2 Å². The Hall–Kier alpha value is -3.15. The van der Waals surface area contributed by atoms with Gasteiger partial charge in [0.05, 0.1) is 17.4 Å². The van der Waals surface area contributed by atoms with E-state index in [-0.39, 0.29) is 19.2 Å². The molecule has 0 atom stereocenters. The van der Waals surface area contributed by atoms with Gasteiger partial charge in [0.25, 0.3) is 0 Å². The van der Waals surface area contributed by atoms with E-state index in [4.69, 9.17) is 9.47 Å². The minimum absolute atomic E-state index is 0.129. The minimum Gasteiger partial charge on any atom is -0.458 e. The summed E-state index contributed by atoms with van der Waals surface area (Å²) in [5, 5.41) is 0. The van der Waals surface area contributed by atoms with Gasteiger partial charge in [0, 0.05) is 6.92 Å². The Morgan fingerprint density at radius 2 is 1.42 bits per heavy atom. The highest BCUT2D eigenvalue weighted by molar-refractivity contribution is 5.95. The summed E-state index contributed by atoms with van der Waals surface area (Å²) >= 11 is 0. The number of rotatable bonds is 7. The smallest absolute Gasteiger partial charge is 0.338 e. The lowest BCUT2D eigenvalue weighted by Crippen LogP contribution is -2.09. The van der Waals surface area contributed by atoms with Crippen molar-refractivity contribution in [3.63, 3.8) is 0 Å². The number of ether oxygens (including phenoxy) is 3. The second-order valence-corrected chi connectivity index (χ2v) is 4.13. The van der Waals surface area contributed by atoms with E-state index in [1.807, 2.05) is 0 Å². The van der Waals surface area contributed by atoms with Crippen LogP contribution in [0, 0.1) is 0 Å². The maximum Gasteiger partial charge on any atom is 0.338 e. The Labute approximate surface area is 141 Å². The molecule has 0 saturated heterocycles. The molecule has 0 N–H and O–H groups in total. The summed E-state index contributed by atoms with van der Waals surface area (Å²) in [6.07, 6.45) is 4.04. The van der Waals surface area contributed by atoms with Crippen LogP contribution in [0.15, 0.2) is 62.4 Å². The number of esters is 3. The number of benzene rings is 1. The van der Waals surface area contributed by atoms with Gasteiger partial charge >= 0.3 is 17.9 Å². The van der Waals surface area contributed by atoms with Crippen LogP contribution in [0.5, 0.6) is 0 Å². The van der Waals surface area contributed by atoms with Gasteiger partial charge in [-0.15, -0.1) is 0 Å². The summed E-state index contributed by atoms with van der Waals surface area (Å²) in [6, 6.07) is 6.15. The molecule has 0 radical (unpaired) electrons. The fourth-order valence-electron chi connectivity index (χ4n) is 1.33. The standard InChI is InChI=1S/C14H14O4.C4H6O2/c1-3-8-17-13(15)11-6-5-7-12(10-11)14(16)18-9-4-2;1-3-6-4(2)5/h3-7,10H,1-2,8-9H2;3H,1H2,2H3. The molecule has 0 heterocycles. The summed E-state index contributed by atoms with van der Waals surface area (Å²) in [6.45, 7) is 11.6. The normalized spacial score (nSPS) is 8.71. The van der Waals surface area contributed by atoms with Crippen LogP contribution in [-0.4, -0.2) is 31.1 Å². The molecule has 1 aromatic rings. The molecule has 24 heavy (non-hydrogen) atoms. The Kier molecular flexibility index (Phi) is 10.8. The van der Waals surface area contributed by atoms with E-state index < -0.39 is 11.9 Å². The molecule has 0 amide bonds. The zero-order valence-electron chi connectivity index (χ0n) is 13.5. The van der Waals surface area contributed by atoms with Crippen LogP contribution in [0.25, 0.3) is 0 Å². The molecule has 0 aromatic heterocycles. The number of carbonyl (C=O) groups is 3. The van der Waals surface area contributed by atoms with Crippen molar-refractivity contribution >= 4 is 17.9 Å². The maximum absolute atomic E-state index is 11.6. The molecule has 0 saturated carbocycles. The third kappa shape index (κ3) is 8.99. The van der Waals surface area contributed by atoms with Crippen molar-refractivity contribution in [1.29, 1.82) is 0 Å². The SMILES string of the molecule is C=CCOC(=O)c1cccc(C(=O)OCC=C)c1.C=COC(C)=O. The lowest BCUT2D eigenvalue weighted by molar-refractivity contribution is -0.135. The van der Waals surface area contributed by atoms with Crippen molar-refractivity contribution in [2.75, 3.05) is 13.2 Å². The molecular formula is C18H20O6. The molecule has 0 unspecified atom stereocenters. The third-order valence-corrected chi connectivity index (χ3v) is 2.25. The number of hydrogen-bond acceptors (Lipinski definition) is 6. The number of hydrogen-bond donors (Lipinski definition) is 0. The predicted octanol–water partition coefficient (Wildman–Crippen LogP) is 3.07. The summed E-state index contributed by atoms with van der Waals surface area (Å²) in [5.41, 5.74) is 0.592. The van der Waals surface area contributed by atoms with Crippen LogP contribution in [-0.2, 0) is 19.0 Å². The highest BCUT2D eigenvalue weighted by Gasteiger charge is 2.11. The van der Waals surface area contributed by atoms with Crippen LogP contribution in [0.2, 0.25) is 0 Å². The fourth-order valence-corrected chi connectivity index (χ4v) is 1.33. The van der Waals surface area contributed by atoms with Crippen LogP contribution in [0.4, 0.5) is 0 Å². The van der Waals surface area contributed by atoms with Gasteiger partial charge in [0.1, 0.15) is 13.2 Å². The molecule has 0 aliphatic rings. The Morgan fingerprint density at radius 3 is 1.71 bits per heavy atom. The Bertz CT molecular complexity index is 564. The highest BCUT2D eigenvalue weighted by Crippen LogP contribution is 2.08. The van der Waals surface area contributed by atoms with E-state index >= 15 is 0 Å². The van der Waals surface area contributed by atoms with Gasteiger partial charge in [-0.1, -0.05) is 38.0 Å². The first-order valence-corrected chi connectivity index (χ1v) is 6.90. The first-order chi connectivity index (χ1) is 11.5. The lowest BCUT2D eigenvalue weighted by atomic mass is 10.1. The lowest BCUT2D eigenvalue weighted by Gasteiger charge is -2.05. The minimum atomic E-state index is -0.506. The van der Waals surface area contributed by atoms with Gasteiger partial charge in [-0.05, 0) is 18.2 Å². The van der Waals surface area contributed by atoms with Crippen LogP contribution < -0.4 is 0 Å². The van der Waals surface area contributed by atoms with E-state index in [1.165, 1.54) is 25.1 Å². The maximum atomic E-state index is 11.6. The largest absolute Gasteiger partial charge is 0.458 e. The van der Waals surface area contributed by atoms with Gasteiger partial charge in [-0.25, -0.2) is 9.59 Å². The second-order valence-electron chi connectivity index (χ2n) is 4.13. The summed E-state index contributed by atoms with van der Waals surface area (Å²) in [5.74, 6) is -1.34. The molecular weight excluding hydrogens is 312 g/mol. The average molecular weight is 332 g/mol. The average Bonchev–Trinajstić information content (AvgIpc) is 2.58. The van der Waals surface area contributed by atoms with Crippen molar-refractivity contribution in [2.45, 2.75) is 6.92 Å². The topological polar surface area (TPSA) is 78.9 Å². The zero-order valence-corrected chi connectivity index (χ0v) is 13.5. The third-order valence-electron chi connectivity index (χ3n) is 2.25. The summed E-state index contributed by atoms with van der Waals surface area (Å²) < 4.78 is 13.9. The molecule has 0 bridgehead atoms. The van der Waals surface area contributed by atoms with E-state index in [0.29, 0.717) is 11.1 Å². The van der Waals surface area contributed by atoms with Gasteiger partial charge in [-0.3, -0.25) is 4.79 Å². The van der Waals surface area contributed by atoms with Gasteiger partial charge < -0.3 is 14.2 Å². The molecule has 0 aliphatic carbocycles. The molecule has 1 aromatic carbocycles. The van der Waals surface area contributed by atoms with Gasteiger partial charge in [-0.2, -0.15) is 0 Å². The monoisotopic (exact) mass is 332 g/mol. The summed E-state index contributed by atoms with van der Waals surface area (Å²) in [7, 11) is 0. The van der Waals surface area contributed by atoms with E-state index in [2.05, 4.69) is 24.5 Å². The molecule has 0 aliphatic heterocycles. The van der Waals surface area contributed by atoms with E-state index in [9.17, 15) is 14.4 Å². The molecule has 6 nitrogen and oxygen atoms in total. The van der Waals surface area contributed by atoms with Gasteiger partial charge in [0.2, 0.25) is 0 Å². The van der Waals surface area contributed by atoms with Crippen molar-refractivity contribution in [3.8, 4) is 0 Å². The molecule has 0 spiro atoms. The van der Waals surface area contributed by atoms with Crippen molar-refractivity contribution in [3.05, 3.63) is 73.5 Å². The zero-order chi connectivity index (χ0) is 18.4. The molecule has 1 rings (SSSR count).